The molecule has 1 aromatic carbocycles. The minimum absolute atomic E-state index is 0.0592. The summed E-state index contributed by atoms with van der Waals surface area (Å²) in [6, 6.07) is 6.59. The van der Waals surface area contributed by atoms with Crippen LogP contribution in [0.4, 0.5) is 0 Å². The Labute approximate surface area is 108 Å². The Morgan fingerprint density at radius 2 is 1.94 bits per heavy atom. The van der Waals surface area contributed by atoms with E-state index in [0.717, 1.165) is 5.56 Å². The summed E-state index contributed by atoms with van der Waals surface area (Å²) in [6.45, 7) is -0.305. The number of halogens is 2. The first kappa shape index (κ1) is 12.2. The van der Waals surface area contributed by atoms with E-state index in [1.165, 1.54) is 6.07 Å². The molecule has 5 heteroatoms. The fraction of sp³-hybridized carbons (Fsp3) is 0.0833. The molecule has 2 aromatic rings. The third kappa shape index (κ3) is 2.52. The second-order valence-corrected chi connectivity index (χ2v) is 4.32. The molecule has 0 spiro atoms. The van der Waals surface area contributed by atoms with Crippen LogP contribution >= 0.6 is 23.2 Å². The Kier molecular flexibility index (Phi) is 3.52. The van der Waals surface area contributed by atoms with Crippen LogP contribution in [0.5, 0.6) is 5.75 Å². The summed E-state index contributed by atoms with van der Waals surface area (Å²) in [5.41, 5.74) is 1.63. The minimum Gasteiger partial charge on any atom is -0.506 e. The molecule has 17 heavy (non-hydrogen) atoms. The Morgan fingerprint density at radius 3 is 2.53 bits per heavy atom. The van der Waals surface area contributed by atoms with E-state index >= 15 is 0 Å². The number of rotatable bonds is 2. The first-order valence-electron chi connectivity index (χ1n) is 4.86. The summed E-state index contributed by atoms with van der Waals surface area (Å²) in [5, 5.41) is 19.5. The van der Waals surface area contributed by atoms with Gasteiger partial charge in [0.2, 0.25) is 0 Å². The van der Waals surface area contributed by atoms with Gasteiger partial charge in [0.25, 0.3) is 0 Å². The number of pyridine rings is 1. The van der Waals surface area contributed by atoms with Crippen molar-refractivity contribution < 1.29 is 10.2 Å². The van der Waals surface area contributed by atoms with Crippen molar-refractivity contribution in [2.24, 2.45) is 0 Å². The fourth-order valence-electron chi connectivity index (χ4n) is 1.47. The standard InChI is InChI=1S/C12H9Cl2NO2/c13-8-1-2-9(10(14)4-8)7-3-12(17)11(6-16)15-5-7/h1-5,16-17H,6H2. The zero-order valence-electron chi connectivity index (χ0n) is 8.69. The lowest BCUT2D eigenvalue weighted by molar-refractivity contribution is 0.270. The van der Waals surface area contributed by atoms with Crippen molar-refractivity contribution in [3.8, 4) is 16.9 Å². The van der Waals surface area contributed by atoms with E-state index in [-0.39, 0.29) is 18.1 Å². The van der Waals surface area contributed by atoms with Gasteiger partial charge in [-0.2, -0.15) is 0 Å². The molecule has 0 aliphatic rings. The largest absolute Gasteiger partial charge is 0.506 e. The highest BCUT2D eigenvalue weighted by Crippen LogP contribution is 2.32. The van der Waals surface area contributed by atoms with Crippen molar-refractivity contribution >= 4 is 23.2 Å². The number of aliphatic hydroxyl groups is 1. The topological polar surface area (TPSA) is 53.4 Å². The van der Waals surface area contributed by atoms with Crippen LogP contribution in [0.25, 0.3) is 11.1 Å². The number of aromatic hydroxyl groups is 1. The molecule has 0 bridgehead atoms. The van der Waals surface area contributed by atoms with Crippen LogP contribution in [0.2, 0.25) is 10.0 Å². The molecule has 3 nitrogen and oxygen atoms in total. The molecule has 2 rings (SSSR count). The average Bonchev–Trinajstić information content (AvgIpc) is 2.29. The molecule has 88 valence electrons. The van der Waals surface area contributed by atoms with Gasteiger partial charge in [0.15, 0.2) is 0 Å². The molecule has 0 fully saturated rings. The molecular weight excluding hydrogens is 261 g/mol. The molecule has 1 aromatic heterocycles. The number of aromatic nitrogens is 1. The Balaban J connectivity index is 2.50. The van der Waals surface area contributed by atoms with Gasteiger partial charge in [-0.25, -0.2) is 0 Å². The van der Waals surface area contributed by atoms with Crippen molar-refractivity contribution in [1.82, 2.24) is 4.98 Å². The number of hydrogen-bond donors (Lipinski definition) is 2. The van der Waals surface area contributed by atoms with Crippen LogP contribution in [0.1, 0.15) is 5.69 Å². The summed E-state index contributed by atoms with van der Waals surface area (Å²) in [5.74, 6) is -0.0592. The first-order chi connectivity index (χ1) is 8.11. The molecule has 0 aliphatic heterocycles. The van der Waals surface area contributed by atoms with Gasteiger partial charge in [-0.1, -0.05) is 29.3 Å². The Bertz CT molecular complexity index is 558. The van der Waals surface area contributed by atoms with Crippen LogP contribution in [0.15, 0.2) is 30.5 Å². The van der Waals surface area contributed by atoms with E-state index in [1.807, 2.05) is 0 Å². The molecular formula is C12H9Cl2NO2. The van der Waals surface area contributed by atoms with E-state index < -0.39 is 0 Å². The van der Waals surface area contributed by atoms with Crippen LogP contribution < -0.4 is 0 Å². The van der Waals surface area contributed by atoms with Crippen LogP contribution in [-0.2, 0) is 6.61 Å². The first-order valence-corrected chi connectivity index (χ1v) is 5.61. The fourth-order valence-corrected chi connectivity index (χ4v) is 1.99. The predicted molar refractivity (Wildman–Crippen MR) is 67.3 cm³/mol. The summed E-state index contributed by atoms with van der Waals surface area (Å²) < 4.78 is 0. The van der Waals surface area contributed by atoms with Gasteiger partial charge in [-0.3, -0.25) is 4.98 Å². The van der Waals surface area contributed by atoms with Gasteiger partial charge in [-0.15, -0.1) is 0 Å². The van der Waals surface area contributed by atoms with Gasteiger partial charge >= 0.3 is 0 Å². The highest BCUT2D eigenvalue weighted by Gasteiger charge is 2.08. The van der Waals surface area contributed by atoms with Crippen LogP contribution in [-0.4, -0.2) is 15.2 Å². The highest BCUT2D eigenvalue weighted by atomic mass is 35.5. The zero-order chi connectivity index (χ0) is 12.4. The Hall–Kier alpha value is -1.29. The lowest BCUT2D eigenvalue weighted by atomic mass is 10.1. The van der Waals surface area contributed by atoms with E-state index in [4.69, 9.17) is 28.3 Å². The highest BCUT2D eigenvalue weighted by molar-refractivity contribution is 6.36. The van der Waals surface area contributed by atoms with Gasteiger partial charge in [0.05, 0.1) is 6.61 Å². The van der Waals surface area contributed by atoms with Crippen LogP contribution in [0.3, 0.4) is 0 Å². The van der Waals surface area contributed by atoms with Gasteiger partial charge in [-0.05, 0) is 18.2 Å². The maximum atomic E-state index is 9.61. The lowest BCUT2D eigenvalue weighted by Crippen LogP contribution is -1.91. The minimum atomic E-state index is -0.305. The predicted octanol–water partition coefficient (Wildman–Crippen LogP) is 3.25. The molecule has 0 saturated carbocycles. The van der Waals surface area contributed by atoms with Gasteiger partial charge in [0, 0.05) is 27.4 Å². The van der Waals surface area contributed by atoms with Gasteiger partial charge < -0.3 is 10.2 Å². The second kappa shape index (κ2) is 4.92. The Morgan fingerprint density at radius 1 is 1.18 bits per heavy atom. The average molecular weight is 270 g/mol. The molecule has 0 amide bonds. The maximum absolute atomic E-state index is 9.61. The monoisotopic (exact) mass is 269 g/mol. The van der Waals surface area contributed by atoms with E-state index in [9.17, 15) is 5.11 Å². The number of hydrogen-bond acceptors (Lipinski definition) is 3. The van der Waals surface area contributed by atoms with Crippen molar-refractivity contribution in [1.29, 1.82) is 0 Å². The summed E-state index contributed by atoms with van der Waals surface area (Å²) in [6.07, 6.45) is 1.54. The summed E-state index contributed by atoms with van der Waals surface area (Å²) >= 11 is 11.8. The molecule has 0 atom stereocenters. The van der Waals surface area contributed by atoms with Crippen molar-refractivity contribution in [3.05, 3.63) is 46.2 Å². The number of nitrogens with zero attached hydrogens (tertiary/aromatic N) is 1. The van der Waals surface area contributed by atoms with Crippen molar-refractivity contribution in [2.45, 2.75) is 6.61 Å². The quantitative estimate of drug-likeness (QED) is 0.880. The third-order valence-electron chi connectivity index (χ3n) is 2.34. The maximum Gasteiger partial charge on any atom is 0.140 e. The number of benzene rings is 1. The molecule has 1 heterocycles. The molecule has 0 saturated heterocycles. The second-order valence-electron chi connectivity index (χ2n) is 3.47. The smallest absolute Gasteiger partial charge is 0.140 e. The normalized spacial score (nSPS) is 10.5. The third-order valence-corrected chi connectivity index (χ3v) is 2.89. The van der Waals surface area contributed by atoms with E-state index in [2.05, 4.69) is 4.98 Å². The van der Waals surface area contributed by atoms with Crippen LogP contribution in [0, 0.1) is 0 Å². The molecule has 0 unspecified atom stereocenters. The SMILES string of the molecule is OCc1ncc(-c2ccc(Cl)cc2Cl)cc1O. The van der Waals surface area contributed by atoms with Gasteiger partial charge in [0.1, 0.15) is 11.4 Å². The van der Waals surface area contributed by atoms with Crippen molar-refractivity contribution in [2.75, 3.05) is 0 Å². The zero-order valence-corrected chi connectivity index (χ0v) is 10.2. The lowest BCUT2D eigenvalue weighted by Gasteiger charge is -2.07. The van der Waals surface area contributed by atoms with E-state index in [0.29, 0.717) is 15.6 Å². The summed E-state index contributed by atoms with van der Waals surface area (Å²) in [7, 11) is 0. The van der Waals surface area contributed by atoms with Crippen molar-refractivity contribution in [3.63, 3.8) is 0 Å². The summed E-state index contributed by atoms with van der Waals surface area (Å²) in [4.78, 5) is 3.95. The molecule has 0 aliphatic carbocycles. The van der Waals surface area contributed by atoms with E-state index in [1.54, 1.807) is 24.4 Å². The molecule has 0 radical (unpaired) electrons. The number of aliphatic hydroxyl groups excluding tert-OH is 1. The molecule has 2 N–H and O–H groups in total.